The predicted molar refractivity (Wildman–Crippen MR) is 253 cm³/mol. The molecule has 1 aromatic carbocycles. The Kier molecular flexibility index (Phi) is 14.9. The van der Waals surface area contributed by atoms with Gasteiger partial charge in [-0.25, -0.2) is 4.39 Å². The number of piperidine rings is 1. The average Bonchev–Trinajstić information content (AvgIpc) is 4.12. The molecule has 3 saturated heterocycles. The summed E-state index contributed by atoms with van der Waals surface area (Å²) >= 11 is 1.64. The number of piperazine rings is 1. The number of ether oxygens (including phenoxy) is 3. The molecule has 4 fully saturated rings. The van der Waals surface area contributed by atoms with Gasteiger partial charge in [0, 0.05) is 68.5 Å². The molecule has 2 N–H and O–H groups in total. The van der Waals surface area contributed by atoms with Crippen molar-refractivity contribution in [1.82, 2.24) is 44.9 Å². The molecule has 364 valence electrons. The van der Waals surface area contributed by atoms with Crippen LogP contribution in [0.25, 0.3) is 21.1 Å². The highest BCUT2D eigenvalue weighted by Gasteiger charge is 2.39. The number of pyridine rings is 1. The van der Waals surface area contributed by atoms with E-state index in [9.17, 15) is 23.6 Å². The number of carbonyl (C=O) groups excluding carboxylic acids is 4. The second kappa shape index (κ2) is 21.3. The number of amides is 4. The molecule has 4 amide bonds. The molecule has 0 spiro atoms. The number of nitrogens with zero attached hydrogens (tertiary/aromatic N) is 7. The number of benzene rings is 1. The van der Waals surface area contributed by atoms with Crippen LogP contribution in [-0.2, 0) is 32.2 Å². The van der Waals surface area contributed by atoms with E-state index in [0.717, 1.165) is 74.0 Å². The number of morpholine rings is 1. The van der Waals surface area contributed by atoms with Gasteiger partial charge in [-0.15, -0.1) is 11.3 Å². The molecule has 7 heterocycles. The van der Waals surface area contributed by atoms with Gasteiger partial charge in [-0.1, -0.05) is 19.3 Å². The highest BCUT2D eigenvalue weighted by atomic mass is 32.1. The van der Waals surface area contributed by atoms with E-state index in [1.165, 1.54) is 12.1 Å². The Morgan fingerprint density at radius 3 is 2.59 bits per heavy atom. The number of halogens is 1. The molecule has 1 aliphatic carbocycles. The van der Waals surface area contributed by atoms with Gasteiger partial charge in [0.2, 0.25) is 17.7 Å². The lowest BCUT2D eigenvalue weighted by atomic mass is 9.83. The molecule has 68 heavy (non-hydrogen) atoms. The minimum Gasteiger partial charge on any atom is -0.489 e. The van der Waals surface area contributed by atoms with Crippen LogP contribution in [0, 0.1) is 11.7 Å². The van der Waals surface area contributed by atoms with Gasteiger partial charge in [-0.2, -0.15) is 0 Å². The molecule has 5 aromatic rings. The highest BCUT2D eigenvalue weighted by molar-refractivity contribution is 7.17. The Morgan fingerprint density at radius 1 is 0.971 bits per heavy atom. The third-order valence-corrected chi connectivity index (χ3v) is 15.0. The Balaban J connectivity index is 0.814. The molecule has 4 aromatic heterocycles. The number of nitrogens with one attached hydrogen (secondary N) is 2. The fraction of sp³-hybridized carbons (Fsp3) is 0.551. The molecular weight excluding hydrogens is 894 g/mol. The number of thiophene rings is 1. The van der Waals surface area contributed by atoms with E-state index in [0.29, 0.717) is 42.2 Å². The maximum Gasteiger partial charge on any atom is 0.270 e. The van der Waals surface area contributed by atoms with Gasteiger partial charge in [0.1, 0.15) is 42.6 Å². The SMILES string of the molecule is CN[C@@H](C)C(=O)NC(C(=O)N1CCN(C(=O)c2cc3cc(F)ccc3n2CC(=O)N2CCOC[C@H]2COc2cc(CN3CCC(Oc4ccnc5ccsc45)CC3)on2)[C@@H](C)C1)C1CCCCC1. The molecule has 0 radical (unpaired) electrons. The van der Waals surface area contributed by atoms with E-state index < -0.39 is 23.9 Å². The van der Waals surface area contributed by atoms with Gasteiger partial charge >= 0.3 is 0 Å². The summed E-state index contributed by atoms with van der Waals surface area (Å²) < 4.78 is 41.3. The van der Waals surface area contributed by atoms with Crippen molar-refractivity contribution in [1.29, 1.82) is 0 Å². The Morgan fingerprint density at radius 2 is 1.79 bits per heavy atom. The fourth-order valence-electron chi connectivity index (χ4n) is 10.1. The summed E-state index contributed by atoms with van der Waals surface area (Å²) in [5.41, 5.74) is 1.75. The zero-order valence-electron chi connectivity index (χ0n) is 39.1. The first kappa shape index (κ1) is 47.4. The molecule has 9 rings (SSSR count). The molecule has 1 unspecified atom stereocenters. The third kappa shape index (κ3) is 10.6. The number of likely N-dealkylation sites (tertiary alicyclic amines) is 1. The van der Waals surface area contributed by atoms with Crippen molar-refractivity contribution < 1.29 is 42.3 Å². The maximum absolute atomic E-state index is 14.6. The van der Waals surface area contributed by atoms with Crippen LogP contribution >= 0.6 is 11.3 Å². The monoisotopic (exact) mass is 955 g/mol. The number of likely N-dealkylation sites (N-methyl/N-ethyl adjacent to an activating group) is 1. The van der Waals surface area contributed by atoms with Crippen LogP contribution in [-0.4, -0.2) is 154 Å². The predicted octanol–water partition coefficient (Wildman–Crippen LogP) is 5.07. The quantitative estimate of drug-likeness (QED) is 0.143. The van der Waals surface area contributed by atoms with Crippen LogP contribution in [0.15, 0.2) is 58.6 Å². The van der Waals surface area contributed by atoms with Crippen LogP contribution in [0.2, 0.25) is 0 Å². The number of hydrogen-bond acceptors (Lipinski definition) is 13. The van der Waals surface area contributed by atoms with E-state index in [1.807, 2.05) is 24.4 Å². The summed E-state index contributed by atoms with van der Waals surface area (Å²) in [6, 6.07) is 9.72. The van der Waals surface area contributed by atoms with Crippen LogP contribution in [0.4, 0.5) is 4.39 Å². The lowest BCUT2D eigenvalue weighted by Crippen LogP contribution is -2.61. The van der Waals surface area contributed by atoms with E-state index >= 15 is 0 Å². The van der Waals surface area contributed by atoms with Gasteiger partial charge in [0.25, 0.3) is 11.8 Å². The largest absolute Gasteiger partial charge is 0.489 e. The summed E-state index contributed by atoms with van der Waals surface area (Å²) in [5.74, 6) is 0.539. The van der Waals surface area contributed by atoms with Crippen molar-refractivity contribution in [3.8, 4) is 11.6 Å². The maximum atomic E-state index is 14.6. The minimum absolute atomic E-state index is 0.0450. The lowest BCUT2D eigenvalue weighted by molar-refractivity contribution is -0.142. The molecule has 1 saturated carbocycles. The van der Waals surface area contributed by atoms with E-state index in [-0.39, 0.29) is 86.8 Å². The van der Waals surface area contributed by atoms with Crippen LogP contribution < -0.4 is 20.1 Å². The lowest BCUT2D eigenvalue weighted by Gasteiger charge is -2.42. The number of rotatable bonds is 15. The summed E-state index contributed by atoms with van der Waals surface area (Å²) in [4.78, 5) is 68.0. The van der Waals surface area contributed by atoms with E-state index in [1.54, 1.807) is 69.0 Å². The van der Waals surface area contributed by atoms with Crippen molar-refractivity contribution in [3.05, 3.63) is 71.3 Å². The number of aromatic nitrogens is 3. The highest BCUT2D eigenvalue weighted by Crippen LogP contribution is 2.32. The Bertz CT molecular complexity index is 2570. The van der Waals surface area contributed by atoms with Crippen LogP contribution in [0.5, 0.6) is 11.6 Å². The molecule has 17 nitrogen and oxygen atoms in total. The molecule has 4 atom stereocenters. The Hall–Kier alpha value is -5.63. The van der Waals surface area contributed by atoms with Crippen LogP contribution in [0.1, 0.15) is 75.0 Å². The number of fused-ring (bicyclic) bond motifs is 2. The average molecular weight is 956 g/mol. The smallest absolute Gasteiger partial charge is 0.270 e. The minimum atomic E-state index is -0.642. The van der Waals surface area contributed by atoms with Gasteiger partial charge in [-0.05, 0) is 99.4 Å². The molecule has 19 heteroatoms. The summed E-state index contributed by atoms with van der Waals surface area (Å²) in [6.45, 7) is 7.56. The fourth-order valence-corrected chi connectivity index (χ4v) is 11.0. The van der Waals surface area contributed by atoms with Crippen molar-refractivity contribution in [3.63, 3.8) is 0 Å². The second-order valence-electron chi connectivity index (χ2n) is 18.6. The standard InChI is InChI=1S/C49H62FN9O8S/c1-31-26-56(49(63)45(33-7-5-4-6-8-33)53-47(61)32(2)51-3)18-19-57(31)48(62)41-24-34-23-35(50)9-10-40(34)59(41)28-44(60)58-20-21-64-29-36(58)30-65-43-25-38(67-54-43)27-55-16-12-37(13-17-55)66-42-11-15-52-39-14-22-68-46(39)42/h9-11,14-15,22-25,31-33,36-37,45,51H,4-8,12-13,16-21,26-30H2,1-3H3,(H,53,61)/t31-,32-,36-,45?/m0/s1. The molecule has 3 aliphatic heterocycles. The van der Waals surface area contributed by atoms with Gasteiger partial charge in [0.05, 0.1) is 42.1 Å². The summed E-state index contributed by atoms with van der Waals surface area (Å²) in [7, 11) is 1.71. The topological polar surface area (TPSA) is 177 Å². The first-order chi connectivity index (χ1) is 33.0. The first-order valence-electron chi connectivity index (χ1n) is 24.1. The zero-order valence-corrected chi connectivity index (χ0v) is 39.9. The number of hydrogen-bond donors (Lipinski definition) is 2. The second-order valence-corrected chi connectivity index (χ2v) is 19.6. The normalized spacial score (nSPS) is 21.0. The van der Waals surface area contributed by atoms with Crippen molar-refractivity contribution in [2.75, 3.05) is 66.1 Å². The first-order valence-corrected chi connectivity index (χ1v) is 24.9. The van der Waals surface area contributed by atoms with Crippen molar-refractivity contribution in [2.45, 2.75) is 102 Å². The molecule has 4 aliphatic rings. The van der Waals surface area contributed by atoms with Crippen molar-refractivity contribution in [2.24, 2.45) is 5.92 Å². The van der Waals surface area contributed by atoms with Gasteiger partial charge < -0.3 is 48.6 Å². The van der Waals surface area contributed by atoms with Crippen molar-refractivity contribution >= 4 is 56.1 Å². The van der Waals surface area contributed by atoms with Gasteiger partial charge in [0.15, 0.2) is 5.76 Å². The molecular formula is C49H62FN9O8S. The van der Waals surface area contributed by atoms with E-state index in [4.69, 9.17) is 18.7 Å². The zero-order chi connectivity index (χ0) is 47.3. The Labute approximate surface area is 399 Å². The van der Waals surface area contributed by atoms with Gasteiger partial charge in [-0.3, -0.25) is 29.1 Å². The van der Waals surface area contributed by atoms with E-state index in [2.05, 4.69) is 25.7 Å². The third-order valence-electron chi connectivity index (χ3n) is 14.1. The summed E-state index contributed by atoms with van der Waals surface area (Å²) in [5, 5.41) is 12.7. The number of carbonyl (C=O) groups is 4. The van der Waals surface area contributed by atoms with Crippen LogP contribution in [0.3, 0.4) is 0 Å². The summed E-state index contributed by atoms with van der Waals surface area (Å²) in [6.07, 6.45) is 8.54. The molecule has 0 bridgehead atoms.